The van der Waals surface area contributed by atoms with Crippen LogP contribution in [0.4, 0.5) is 5.69 Å². The molecule has 0 atom stereocenters. The fraction of sp³-hybridized carbons (Fsp3) is 0.222. The van der Waals surface area contributed by atoms with Gasteiger partial charge in [-0.25, -0.2) is 4.98 Å². The molecular formula is C18H19N3O2S. The summed E-state index contributed by atoms with van der Waals surface area (Å²) in [6, 6.07) is 11.3. The number of thioether (sulfide) groups is 1. The molecule has 5 nitrogen and oxygen atoms in total. The molecular weight excluding hydrogens is 322 g/mol. The first kappa shape index (κ1) is 16.4. The molecule has 24 heavy (non-hydrogen) atoms. The smallest absolute Gasteiger partial charge is 0.291 e. The van der Waals surface area contributed by atoms with Crippen LogP contribution in [0.1, 0.15) is 28.8 Å². The lowest BCUT2D eigenvalue weighted by Crippen LogP contribution is -2.12. The molecule has 0 aliphatic carbocycles. The Morgan fingerprint density at radius 1 is 1.29 bits per heavy atom. The van der Waals surface area contributed by atoms with Crippen molar-refractivity contribution in [3.8, 4) is 0 Å². The van der Waals surface area contributed by atoms with E-state index in [0.717, 1.165) is 28.6 Å². The van der Waals surface area contributed by atoms with Gasteiger partial charge in [0.15, 0.2) is 10.9 Å². The third-order valence-corrected chi connectivity index (χ3v) is 4.73. The van der Waals surface area contributed by atoms with Gasteiger partial charge in [-0.1, -0.05) is 36.9 Å². The van der Waals surface area contributed by atoms with Gasteiger partial charge in [0.25, 0.3) is 5.91 Å². The predicted molar refractivity (Wildman–Crippen MR) is 95.3 cm³/mol. The van der Waals surface area contributed by atoms with Gasteiger partial charge in [-0.2, -0.15) is 0 Å². The Morgan fingerprint density at radius 3 is 2.88 bits per heavy atom. The minimum absolute atomic E-state index is 0.232. The first-order chi connectivity index (χ1) is 11.7. The first-order valence-electron chi connectivity index (χ1n) is 7.75. The Hall–Kier alpha value is -2.47. The lowest BCUT2D eigenvalue weighted by atomic mass is 10.1. The molecule has 0 aliphatic rings. The van der Waals surface area contributed by atoms with Gasteiger partial charge in [0.1, 0.15) is 5.76 Å². The second-order valence-corrected chi connectivity index (χ2v) is 6.28. The number of nitrogens with zero attached hydrogens (tertiary/aromatic N) is 2. The fourth-order valence-corrected chi connectivity index (χ4v) is 3.17. The molecule has 3 aromatic rings. The van der Waals surface area contributed by atoms with Crippen LogP contribution in [0.2, 0.25) is 0 Å². The molecule has 3 rings (SSSR count). The SMILES string of the molecule is CCc1ccccc1NC(=O)c1ccc(CSc2nccn2C)o1. The average Bonchev–Trinajstić information content (AvgIpc) is 3.22. The summed E-state index contributed by atoms with van der Waals surface area (Å²) in [4.78, 5) is 16.6. The number of imidazole rings is 1. The number of amides is 1. The highest BCUT2D eigenvalue weighted by molar-refractivity contribution is 7.98. The van der Waals surface area contributed by atoms with Crippen LogP contribution in [-0.2, 0) is 19.2 Å². The minimum atomic E-state index is -0.232. The van der Waals surface area contributed by atoms with Crippen LogP contribution >= 0.6 is 11.8 Å². The zero-order chi connectivity index (χ0) is 16.9. The van der Waals surface area contributed by atoms with E-state index in [2.05, 4.69) is 17.2 Å². The highest BCUT2D eigenvalue weighted by atomic mass is 32.2. The van der Waals surface area contributed by atoms with Crippen molar-refractivity contribution in [2.45, 2.75) is 24.3 Å². The summed E-state index contributed by atoms with van der Waals surface area (Å²) in [6.45, 7) is 2.06. The number of anilines is 1. The molecule has 6 heteroatoms. The first-order valence-corrected chi connectivity index (χ1v) is 8.74. The van der Waals surface area contributed by atoms with Crippen LogP contribution in [0.3, 0.4) is 0 Å². The van der Waals surface area contributed by atoms with E-state index in [-0.39, 0.29) is 5.91 Å². The van der Waals surface area contributed by atoms with Crippen LogP contribution in [0, 0.1) is 0 Å². The van der Waals surface area contributed by atoms with E-state index in [0.29, 0.717) is 11.5 Å². The number of furan rings is 1. The molecule has 1 N–H and O–H groups in total. The molecule has 2 aromatic heterocycles. The molecule has 0 spiro atoms. The number of rotatable bonds is 6. The summed E-state index contributed by atoms with van der Waals surface area (Å²) in [5, 5.41) is 3.83. The molecule has 0 aliphatic heterocycles. The molecule has 0 saturated heterocycles. The maximum atomic E-state index is 12.4. The monoisotopic (exact) mass is 341 g/mol. The second-order valence-electron chi connectivity index (χ2n) is 5.34. The Kier molecular flexibility index (Phi) is 5.05. The van der Waals surface area contributed by atoms with E-state index in [9.17, 15) is 4.79 Å². The number of benzene rings is 1. The van der Waals surface area contributed by atoms with Crippen molar-refractivity contribution in [1.82, 2.24) is 9.55 Å². The molecule has 0 bridgehead atoms. The van der Waals surface area contributed by atoms with Crippen molar-refractivity contribution in [2.75, 3.05) is 5.32 Å². The van der Waals surface area contributed by atoms with Gasteiger partial charge >= 0.3 is 0 Å². The molecule has 0 unspecified atom stereocenters. The number of carbonyl (C=O) groups is 1. The number of carbonyl (C=O) groups excluding carboxylic acids is 1. The zero-order valence-corrected chi connectivity index (χ0v) is 14.5. The third-order valence-electron chi connectivity index (χ3n) is 3.65. The van der Waals surface area contributed by atoms with Crippen molar-refractivity contribution in [2.24, 2.45) is 7.05 Å². The predicted octanol–water partition coefficient (Wildman–Crippen LogP) is 4.12. The summed E-state index contributed by atoms with van der Waals surface area (Å²) in [5.41, 5.74) is 1.92. The van der Waals surface area contributed by atoms with E-state index in [1.165, 1.54) is 0 Å². The fourth-order valence-electron chi connectivity index (χ4n) is 2.34. The third kappa shape index (κ3) is 3.71. The standard InChI is InChI=1S/C18H19N3O2S/c1-3-13-6-4-5-7-15(13)20-17(22)16-9-8-14(23-16)12-24-18-19-10-11-21(18)2/h4-11H,3,12H2,1-2H3,(H,20,22). The normalized spacial score (nSPS) is 10.8. The van der Waals surface area contributed by atoms with E-state index in [4.69, 9.17) is 4.42 Å². The molecule has 0 saturated carbocycles. The Bertz CT molecular complexity index is 838. The Morgan fingerprint density at radius 2 is 2.12 bits per heavy atom. The van der Waals surface area contributed by atoms with Gasteiger partial charge in [0, 0.05) is 25.1 Å². The topological polar surface area (TPSA) is 60.1 Å². The van der Waals surface area contributed by atoms with Crippen LogP contribution in [0.25, 0.3) is 0 Å². The van der Waals surface area contributed by atoms with Gasteiger partial charge in [-0.3, -0.25) is 4.79 Å². The summed E-state index contributed by atoms with van der Waals surface area (Å²) >= 11 is 1.57. The number of aromatic nitrogens is 2. The van der Waals surface area contributed by atoms with Crippen LogP contribution in [0.5, 0.6) is 0 Å². The van der Waals surface area contributed by atoms with Crippen molar-refractivity contribution in [1.29, 1.82) is 0 Å². The summed E-state index contributed by atoms with van der Waals surface area (Å²) < 4.78 is 7.61. The number of aryl methyl sites for hydroxylation is 2. The largest absolute Gasteiger partial charge is 0.455 e. The van der Waals surface area contributed by atoms with Crippen LogP contribution < -0.4 is 5.32 Å². The summed E-state index contributed by atoms with van der Waals surface area (Å²) in [6.07, 6.45) is 4.52. The zero-order valence-electron chi connectivity index (χ0n) is 13.7. The summed E-state index contributed by atoms with van der Waals surface area (Å²) in [5.74, 6) is 1.46. The van der Waals surface area contributed by atoms with Crippen molar-refractivity contribution in [3.05, 3.63) is 65.9 Å². The molecule has 2 heterocycles. The Balaban J connectivity index is 1.64. The van der Waals surface area contributed by atoms with Gasteiger partial charge in [-0.15, -0.1) is 0 Å². The van der Waals surface area contributed by atoms with E-state index < -0.39 is 0 Å². The highest BCUT2D eigenvalue weighted by Gasteiger charge is 2.13. The van der Waals surface area contributed by atoms with E-state index in [1.807, 2.05) is 48.1 Å². The highest BCUT2D eigenvalue weighted by Crippen LogP contribution is 2.23. The number of hydrogen-bond acceptors (Lipinski definition) is 4. The minimum Gasteiger partial charge on any atom is -0.455 e. The number of para-hydroxylation sites is 1. The average molecular weight is 341 g/mol. The van der Waals surface area contributed by atoms with Gasteiger partial charge < -0.3 is 14.3 Å². The summed E-state index contributed by atoms with van der Waals surface area (Å²) in [7, 11) is 1.95. The van der Waals surface area contributed by atoms with E-state index in [1.54, 1.807) is 24.0 Å². The lowest BCUT2D eigenvalue weighted by molar-refractivity contribution is 0.0995. The second kappa shape index (κ2) is 7.40. The molecule has 1 amide bonds. The number of hydrogen-bond donors (Lipinski definition) is 1. The van der Waals surface area contributed by atoms with E-state index >= 15 is 0 Å². The van der Waals surface area contributed by atoms with Crippen molar-refractivity contribution >= 4 is 23.4 Å². The molecule has 1 aromatic carbocycles. The molecule has 0 radical (unpaired) electrons. The van der Waals surface area contributed by atoms with Gasteiger partial charge in [-0.05, 0) is 30.2 Å². The molecule has 124 valence electrons. The lowest BCUT2D eigenvalue weighted by Gasteiger charge is -2.08. The van der Waals surface area contributed by atoms with Crippen molar-refractivity contribution < 1.29 is 9.21 Å². The molecule has 0 fully saturated rings. The van der Waals surface area contributed by atoms with Crippen molar-refractivity contribution in [3.63, 3.8) is 0 Å². The van der Waals surface area contributed by atoms with Gasteiger partial charge in [0.2, 0.25) is 0 Å². The maximum absolute atomic E-state index is 12.4. The number of nitrogens with one attached hydrogen (secondary N) is 1. The quantitative estimate of drug-likeness (QED) is 0.685. The van der Waals surface area contributed by atoms with Crippen LogP contribution in [-0.4, -0.2) is 15.5 Å². The Labute approximate surface area is 145 Å². The van der Waals surface area contributed by atoms with Crippen LogP contribution in [0.15, 0.2) is 58.4 Å². The maximum Gasteiger partial charge on any atom is 0.291 e. The van der Waals surface area contributed by atoms with Gasteiger partial charge in [0.05, 0.1) is 5.75 Å².